The molecule has 1 aromatic heterocycles. The summed E-state index contributed by atoms with van der Waals surface area (Å²) in [7, 11) is 1.91. The second-order valence-electron chi connectivity index (χ2n) is 4.42. The molecule has 0 radical (unpaired) electrons. The van der Waals surface area contributed by atoms with Crippen molar-refractivity contribution in [1.82, 2.24) is 5.32 Å². The van der Waals surface area contributed by atoms with Gasteiger partial charge in [0.25, 0.3) is 0 Å². The van der Waals surface area contributed by atoms with Crippen LogP contribution in [-0.4, -0.2) is 13.0 Å². The number of hydrogen-bond donors (Lipinski definition) is 2. The zero-order valence-corrected chi connectivity index (χ0v) is 10.1. The first kappa shape index (κ1) is 11.0. The number of anilines is 1. The average Bonchev–Trinajstić information content (AvgIpc) is 2.97. The van der Waals surface area contributed by atoms with E-state index in [2.05, 4.69) is 16.7 Å². The average molecular weight is 242 g/mol. The predicted molar refractivity (Wildman–Crippen MR) is 68.4 cm³/mol. The van der Waals surface area contributed by atoms with Crippen molar-refractivity contribution >= 4 is 11.6 Å². The number of fused-ring (bicyclic) bond motifs is 1. The van der Waals surface area contributed by atoms with Gasteiger partial charge in [0.15, 0.2) is 0 Å². The molecule has 0 spiro atoms. The smallest absolute Gasteiger partial charge is 0.228 e. The minimum Gasteiger partial charge on any atom is -0.472 e. The lowest BCUT2D eigenvalue weighted by Gasteiger charge is -2.15. The van der Waals surface area contributed by atoms with Gasteiger partial charge in [-0.15, -0.1) is 0 Å². The molecule has 18 heavy (non-hydrogen) atoms. The van der Waals surface area contributed by atoms with Gasteiger partial charge in [-0.05, 0) is 30.3 Å². The SMILES string of the molecule is CNC(c1ccoc1)c1ccc2c(c1)CC(=O)N2. The molecule has 2 N–H and O–H groups in total. The first-order valence-corrected chi connectivity index (χ1v) is 5.90. The summed E-state index contributed by atoms with van der Waals surface area (Å²) in [6.07, 6.45) is 3.86. The number of nitrogens with one attached hydrogen (secondary N) is 2. The van der Waals surface area contributed by atoms with E-state index in [1.54, 1.807) is 12.5 Å². The molecule has 0 aliphatic carbocycles. The van der Waals surface area contributed by atoms with Crippen LogP contribution in [0, 0.1) is 0 Å². The van der Waals surface area contributed by atoms with Crippen molar-refractivity contribution < 1.29 is 9.21 Å². The number of hydrogen-bond acceptors (Lipinski definition) is 3. The Hall–Kier alpha value is -2.07. The van der Waals surface area contributed by atoms with Gasteiger partial charge in [-0.1, -0.05) is 12.1 Å². The van der Waals surface area contributed by atoms with Crippen LogP contribution in [0.15, 0.2) is 41.2 Å². The van der Waals surface area contributed by atoms with Gasteiger partial charge >= 0.3 is 0 Å². The van der Waals surface area contributed by atoms with Crippen LogP contribution in [0.1, 0.15) is 22.7 Å². The monoisotopic (exact) mass is 242 g/mol. The first-order valence-electron chi connectivity index (χ1n) is 5.90. The molecule has 1 aromatic carbocycles. The molecule has 1 amide bonds. The van der Waals surface area contributed by atoms with Crippen LogP contribution in [0.2, 0.25) is 0 Å². The molecule has 1 aliphatic heterocycles. The summed E-state index contributed by atoms with van der Waals surface area (Å²) in [5, 5.41) is 6.10. The van der Waals surface area contributed by atoms with E-state index in [9.17, 15) is 4.79 Å². The number of amides is 1. The minimum atomic E-state index is 0.0615. The van der Waals surface area contributed by atoms with Gasteiger partial charge in [-0.25, -0.2) is 0 Å². The van der Waals surface area contributed by atoms with E-state index in [1.807, 2.05) is 25.2 Å². The van der Waals surface area contributed by atoms with Gasteiger partial charge in [0, 0.05) is 11.3 Å². The molecule has 0 bridgehead atoms. The van der Waals surface area contributed by atoms with Crippen LogP contribution in [0.25, 0.3) is 0 Å². The summed E-state index contributed by atoms with van der Waals surface area (Å²) < 4.78 is 5.12. The lowest BCUT2D eigenvalue weighted by molar-refractivity contribution is -0.115. The maximum Gasteiger partial charge on any atom is 0.228 e. The highest BCUT2D eigenvalue weighted by atomic mass is 16.3. The fourth-order valence-corrected chi connectivity index (χ4v) is 2.39. The van der Waals surface area contributed by atoms with Crippen molar-refractivity contribution in [3.05, 3.63) is 53.5 Å². The Kier molecular flexibility index (Phi) is 2.64. The molecule has 3 rings (SSSR count). The standard InChI is InChI=1S/C14H14N2O2/c1-15-14(10-4-5-18-8-10)9-2-3-12-11(6-9)7-13(17)16-12/h2-6,8,14-15H,7H2,1H3,(H,16,17). The second-order valence-corrected chi connectivity index (χ2v) is 4.42. The highest BCUT2D eigenvalue weighted by Crippen LogP contribution is 2.29. The van der Waals surface area contributed by atoms with E-state index >= 15 is 0 Å². The fourth-order valence-electron chi connectivity index (χ4n) is 2.39. The molecule has 4 nitrogen and oxygen atoms in total. The van der Waals surface area contributed by atoms with Gasteiger partial charge in [0.1, 0.15) is 0 Å². The second kappa shape index (κ2) is 4.31. The Bertz CT molecular complexity index is 575. The van der Waals surface area contributed by atoms with Crippen LogP contribution in [0.3, 0.4) is 0 Å². The summed E-state index contributed by atoms with van der Waals surface area (Å²) in [5.41, 5.74) is 4.19. The van der Waals surface area contributed by atoms with Crippen LogP contribution >= 0.6 is 0 Å². The maximum absolute atomic E-state index is 11.3. The van der Waals surface area contributed by atoms with Gasteiger partial charge in [0.2, 0.25) is 5.91 Å². The number of benzene rings is 1. The zero-order valence-electron chi connectivity index (χ0n) is 10.1. The number of carbonyl (C=O) groups excluding carboxylic acids is 1. The summed E-state index contributed by atoms with van der Waals surface area (Å²) in [6, 6.07) is 8.09. The van der Waals surface area contributed by atoms with E-state index in [0.717, 1.165) is 22.4 Å². The van der Waals surface area contributed by atoms with Gasteiger partial charge in [-0.2, -0.15) is 0 Å². The van der Waals surface area contributed by atoms with E-state index in [4.69, 9.17) is 4.42 Å². The van der Waals surface area contributed by atoms with E-state index in [0.29, 0.717) is 6.42 Å². The van der Waals surface area contributed by atoms with Gasteiger partial charge in [-0.3, -0.25) is 4.79 Å². The molecule has 1 atom stereocenters. The van der Waals surface area contributed by atoms with Gasteiger partial charge < -0.3 is 15.1 Å². The lowest BCUT2D eigenvalue weighted by atomic mass is 9.98. The molecule has 0 fully saturated rings. The normalized spacial score (nSPS) is 15.3. The Morgan fingerprint density at radius 1 is 1.33 bits per heavy atom. The van der Waals surface area contributed by atoms with E-state index in [1.165, 1.54) is 0 Å². The predicted octanol–water partition coefficient (Wildman–Crippen LogP) is 2.08. The van der Waals surface area contributed by atoms with Crippen molar-refractivity contribution in [2.45, 2.75) is 12.5 Å². The minimum absolute atomic E-state index is 0.0615. The molecule has 1 unspecified atom stereocenters. The highest BCUT2D eigenvalue weighted by Gasteiger charge is 2.20. The van der Waals surface area contributed by atoms with Crippen LogP contribution in [0.4, 0.5) is 5.69 Å². The Morgan fingerprint density at radius 3 is 2.94 bits per heavy atom. The maximum atomic E-state index is 11.3. The van der Waals surface area contributed by atoms with Crippen molar-refractivity contribution in [2.24, 2.45) is 0 Å². The topological polar surface area (TPSA) is 54.3 Å². The third-order valence-corrected chi connectivity index (χ3v) is 3.25. The lowest BCUT2D eigenvalue weighted by Crippen LogP contribution is -2.17. The zero-order chi connectivity index (χ0) is 12.5. The van der Waals surface area contributed by atoms with Crippen LogP contribution in [0.5, 0.6) is 0 Å². The van der Waals surface area contributed by atoms with Crippen LogP contribution < -0.4 is 10.6 Å². The molecule has 0 saturated carbocycles. The molecule has 92 valence electrons. The van der Waals surface area contributed by atoms with Crippen LogP contribution in [-0.2, 0) is 11.2 Å². The highest BCUT2D eigenvalue weighted by molar-refractivity contribution is 5.99. The number of furan rings is 1. The number of rotatable bonds is 3. The Labute approximate surface area is 105 Å². The Morgan fingerprint density at radius 2 is 2.22 bits per heavy atom. The Balaban J connectivity index is 1.97. The summed E-state index contributed by atoms with van der Waals surface area (Å²) in [4.78, 5) is 11.3. The molecule has 2 heterocycles. The van der Waals surface area contributed by atoms with Crippen molar-refractivity contribution in [3.63, 3.8) is 0 Å². The molecular weight excluding hydrogens is 228 g/mol. The third-order valence-electron chi connectivity index (χ3n) is 3.25. The quantitative estimate of drug-likeness (QED) is 0.866. The van der Waals surface area contributed by atoms with Crippen molar-refractivity contribution in [2.75, 3.05) is 12.4 Å². The van der Waals surface area contributed by atoms with E-state index in [-0.39, 0.29) is 11.9 Å². The molecule has 2 aromatic rings. The van der Waals surface area contributed by atoms with Gasteiger partial charge in [0.05, 0.1) is 25.0 Å². The molecular formula is C14H14N2O2. The van der Waals surface area contributed by atoms with Crippen molar-refractivity contribution in [3.8, 4) is 0 Å². The summed E-state index contributed by atoms with van der Waals surface area (Å²) in [5.74, 6) is 0.0615. The van der Waals surface area contributed by atoms with Crippen molar-refractivity contribution in [1.29, 1.82) is 0 Å². The molecule has 1 aliphatic rings. The first-order chi connectivity index (χ1) is 8.78. The largest absolute Gasteiger partial charge is 0.472 e. The number of carbonyl (C=O) groups is 1. The van der Waals surface area contributed by atoms with E-state index < -0.39 is 0 Å². The third kappa shape index (κ3) is 1.80. The summed E-state index contributed by atoms with van der Waals surface area (Å²) in [6.45, 7) is 0. The summed E-state index contributed by atoms with van der Waals surface area (Å²) >= 11 is 0. The molecule has 0 saturated heterocycles. The molecule has 4 heteroatoms. The fraction of sp³-hybridized carbons (Fsp3) is 0.214.